The molecule has 2 rings (SSSR count). The lowest BCUT2D eigenvalue weighted by Gasteiger charge is -2.18. The Labute approximate surface area is 163 Å². The summed E-state index contributed by atoms with van der Waals surface area (Å²) >= 11 is 0. The monoisotopic (exact) mass is 403 g/mol. The number of hydrazone groups is 1. The van der Waals surface area contributed by atoms with Gasteiger partial charge in [0.1, 0.15) is 10.7 Å². The van der Waals surface area contributed by atoms with Gasteiger partial charge < -0.3 is 0 Å². The first-order valence-electron chi connectivity index (χ1n) is 8.55. The van der Waals surface area contributed by atoms with E-state index in [4.69, 9.17) is 0 Å². The van der Waals surface area contributed by atoms with Gasteiger partial charge in [-0.05, 0) is 30.4 Å². The Kier molecular flexibility index (Phi) is 7.36. The number of allylic oxidation sites excluding steroid dienone is 1. The molecule has 1 aromatic carbocycles. The number of pyridine rings is 1. The topological polar surface area (TPSA) is 118 Å². The summed E-state index contributed by atoms with van der Waals surface area (Å²) in [5.74, 6) is 0.369. The summed E-state index contributed by atoms with van der Waals surface area (Å²) in [6.45, 7) is 4.32. The molecule has 0 unspecified atom stereocenters. The minimum atomic E-state index is -3.55. The molecule has 1 N–H and O–H groups in total. The van der Waals surface area contributed by atoms with Crippen molar-refractivity contribution in [1.82, 2.24) is 9.29 Å². The number of nitrogens with one attached hydrogen (secondary N) is 1. The Morgan fingerprint density at radius 3 is 2.54 bits per heavy atom. The van der Waals surface area contributed by atoms with Crippen LogP contribution in [0, 0.1) is 10.1 Å². The molecule has 0 aliphatic rings. The summed E-state index contributed by atoms with van der Waals surface area (Å²) in [6, 6.07) is 9.33. The summed E-state index contributed by atoms with van der Waals surface area (Å²) in [7, 11) is -3.55. The van der Waals surface area contributed by atoms with Gasteiger partial charge in [0.2, 0.25) is 10.0 Å². The average molecular weight is 403 g/mol. The van der Waals surface area contributed by atoms with E-state index in [1.54, 1.807) is 44.2 Å². The first-order chi connectivity index (χ1) is 13.4. The highest BCUT2D eigenvalue weighted by Crippen LogP contribution is 2.19. The molecule has 28 heavy (non-hydrogen) atoms. The van der Waals surface area contributed by atoms with Crippen LogP contribution in [0.15, 0.2) is 58.7 Å². The maximum absolute atomic E-state index is 12.4. The van der Waals surface area contributed by atoms with E-state index in [1.807, 2.05) is 0 Å². The predicted octanol–water partition coefficient (Wildman–Crippen LogP) is 3.13. The van der Waals surface area contributed by atoms with E-state index in [0.29, 0.717) is 24.5 Å². The number of para-hydroxylation sites is 1. The zero-order valence-corrected chi connectivity index (χ0v) is 16.3. The standard InChI is InChI=1S/C18H21N5O4S/c1-3-22(4-2)28(26,27)16-11-12-18(19-14-16)21-20-13-7-9-15-8-5-6-10-17(15)23(24)25/h5-14H,3-4H2,1-2H3,(H,19,21)/b9-7+,20-13+. The van der Waals surface area contributed by atoms with Crippen LogP contribution in [0.1, 0.15) is 19.4 Å². The molecule has 0 saturated heterocycles. The van der Waals surface area contributed by atoms with Gasteiger partial charge in [0.15, 0.2) is 0 Å². The van der Waals surface area contributed by atoms with Crippen LogP contribution in [0.25, 0.3) is 6.08 Å². The molecule has 0 bridgehead atoms. The van der Waals surface area contributed by atoms with Crippen LogP contribution in [0.2, 0.25) is 0 Å². The second-order valence-corrected chi connectivity index (χ2v) is 7.47. The number of nitro benzene ring substituents is 1. The highest BCUT2D eigenvalue weighted by Gasteiger charge is 2.21. The molecule has 2 aromatic rings. The molecule has 0 amide bonds. The molecule has 0 aliphatic carbocycles. The van der Waals surface area contributed by atoms with E-state index < -0.39 is 14.9 Å². The molecule has 9 nitrogen and oxygen atoms in total. The van der Waals surface area contributed by atoms with E-state index in [-0.39, 0.29) is 10.6 Å². The number of nitro groups is 1. The number of hydrogen-bond acceptors (Lipinski definition) is 7. The van der Waals surface area contributed by atoms with Crippen LogP contribution in [-0.2, 0) is 10.0 Å². The number of sulfonamides is 1. The van der Waals surface area contributed by atoms with E-state index in [2.05, 4.69) is 15.5 Å². The number of benzene rings is 1. The van der Waals surface area contributed by atoms with Gasteiger partial charge in [0, 0.05) is 31.6 Å². The largest absolute Gasteiger partial charge is 0.276 e. The molecular formula is C18H21N5O4S. The van der Waals surface area contributed by atoms with Crippen molar-refractivity contribution >= 4 is 33.8 Å². The normalized spacial score (nSPS) is 12.1. The highest BCUT2D eigenvalue weighted by molar-refractivity contribution is 7.89. The fourth-order valence-electron chi connectivity index (χ4n) is 2.40. The van der Waals surface area contributed by atoms with E-state index >= 15 is 0 Å². The number of aromatic nitrogens is 1. The summed E-state index contributed by atoms with van der Waals surface area (Å²) in [5, 5.41) is 14.9. The van der Waals surface area contributed by atoms with Gasteiger partial charge in [-0.3, -0.25) is 15.5 Å². The third-order valence-electron chi connectivity index (χ3n) is 3.83. The van der Waals surface area contributed by atoms with Crippen molar-refractivity contribution in [2.45, 2.75) is 18.7 Å². The molecule has 0 spiro atoms. The molecule has 0 fully saturated rings. The smallest absolute Gasteiger partial charge is 0.261 e. The molecule has 1 aromatic heterocycles. The number of anilines is 1. The Bertz CT molecular complexity index is 968. The van der Waals surface area contributed by atoms with E-state index in [1.165, 1.54) is 34.9 Å². The Balaban J connectivity index is 2.01. The molecule has 0 radical (unpaired) electrons. The molecule has 0 saturated carbocycles. The SMILES string of the molecule is CCN(CC)S(=O)(=O)c1ccc(N/N=C/C=C/c2ccccc2[N+](=O)[O-])nc1. The van der Waals surface area contributed by atoms with Crippen LogP contribution in [0.3, 0.4) is 0 Å². The minimum Gasteiger partial charge on any atom is -0.261 e. The quantitative estimate of drug-likeness (QED) is 0.390. The summed E-state index contributed by atoms with van der Waals surface area (Å²) in [4.78, 5) is 14.7. The molecule has 0 atom stereocenters. The van der Waals surface area contributed by atoms with Gasteiger partial charge in [-0.2, -0.15) is 9.41 Å². The third kappa shape index (κ3) is 5.21. The van der Waals surface area contributed by atoms with Crippen LogP contribution < -0.4 is 5.43 Å². The first-order valence-corrected chi connectivity index (χ1v) is 9.99. The van der Waals surface area contributed by atoms with Crippen molar-refractivity contribution in [3.05, 3.63) is 64.3 Å². The highest BCUT2D eigenvalue weighted by atomic mass is 32.2. The summed E-state index contributed by atoms with van der Waals surface area (Å²) in [5.41, 5.74) is 3.14. The van der Waals surface area contributed by atoms with Crippen molar-refractivity contribution in [2.24, 2.45) is 5.10 Å². The Hall–Kier alpha value is -3.11. The van der Waals surface area contributed by atoms with Crippen molar-refractivity contribution in [3.8, 4) is 0 Å². The maximum Gasteiger partial charge on any atom is 0.276 e. The zero-order valence-electron chi connectivity index (χ0n) is 15.5. The molecule has 10 heteroatoms. The van der Waals surface area contributed by atoms with Gasteiger partial charge >= 0.3 is 0 Å². The molecular weight excluding hydrogens is 382 g/mol. The first kappa shape index (κ1) is 21.2. The lowest BCUT2D eigenvalue weighted by molar-refractivity contribution is -0.385. The Morgan fingerprint density at radius 2 is 1.93 bits per heavy atom. The lowest BCUT2D eigenvalue weighted by Crippen LogP contribution is -2.30. The van der Waals surface area contributed by atoms with Crippen LogP contribution >= 0.6 is 0 Å². The van der Waals surface area contributed by atoms with Crippen molar-refractivity contribution in [1.29, 1.82) is 0 Å². The van der Waals surface area contributed by atoms with Gasteiger partial charge in [0.05, 0.1) is 10.5 Å². The van der Waals surface area contributed by atoms with Crippen molar-refractivity contribution in [2.75, 3.05) is 18.5 Å². The van der Waals surface area contributed by atoms with Crippen LogP contribution in [-0.4, -0.2) is 41.9 Å². The van der Waals surface area contributed by atoms with E-state index in [0.717, 1.165) is 0 Å². The van der Waals surface area contributed by atoms with Gasteiger partial charge in [-0.15, -0.1) is 0 Å². The summed E-state index contributed by atoms with van der Waals surface area (Å²) < 4.78 is 26.1. The van der Waals surface area contributed by atoms with Gasteiger partial charge in [0.25, 0.3) is 5.69 Å². The second-order valence-electron chi connectivity index (χ2n) is 5.53. The minimum absolute atomic E-state index is 0.00627. The second kappa shape index (κ2) is 9.72. The number of hydrogen-bond donors (Lipinski definition) is 1. The van der Waals surface area contributed by atoms with Crippen LogP contribution in [0.5, 0.6) is 0 Å². The lowest BCUT2D eigenvalue weighted by atomic mass is 10.2. The summed E-state index contributed by atoms with van der Waals surface area (Å²) in [6.07, 6.45) is 5.80. The van der Waals surface area contributed by atoms with Gasteiger partial charge in [-0.1, -0.05) is 26.0 Å². The predicted molar refractivity (Wildman–Crippen MR) is 109 cm³/mol. The van der Waals surface area contributed by atoms with Crippen molar-refractivity contribution in [3.63, 3.8) is 0 Å². The molecule has 148 valence electrons. The zero-order chi connectivity index (χ0) is 20.6. The fourth-order valence-corrected chi connectivity index (χ4v) is 3.80. The Morgan fingerprint density at radius 1 is 1.21 bits per heavy atom. The third-order valence-corrected chi connectivity index (χ3v) is 5.86. The number of rotatable bonds is 9. The van der Waals surface area contributed by atoms with Gasteiger partial charge in [-0.25, -0.2) is 13.4 Å². The molecule has 1 heterocycles. The number of nitrogens with zero attached hydrogens (tertiary/aromatic N) is 4. The van der Waals surface area contributed by atoms with Crippen LogP contribution in [0.4, 0.5) is 11.5 Å². The fraction of sp³-hybridized carbons (Fsp3) is 0.222. The van der Waals surface area contributed by atoms with E-state index in [9.17, 15) is 18.5 Å². The maximum atomic E-state index is 12.4. The molecule has 0 aliphatic heterocycles. The van der Waals surface area contributed by atoms with Crippen molar-refractivity contribution < 1.29 is 13.3 Å². The average Bonchev–Trinajstić information content (AvgIpc) is 2.69.